The predicted octanol–water partition coefficient (Wildman–Crippen LogP) is 13.7. The summed E-state index contributed by atoms with van der Waals surface area (Å²) in [5.74, 6) is -0.534. The van der Waals surface area contributed by atoms with Crippen molar-refractivity contribution in [3.05, 3.63) is 88.9 Å². The van der Waals surface area contributed by atoms with Crippen LogP contribution in [-0.2, 0) is 36.2 Å². The highest BCUT2D eigenvalue weighted by atomic mass is 79.9. The van der Waals surface area contributed by atoms with E-state index in [-0.39, 0.29) is 21.6 Å². The van der Waals surface area contributed by atoms with Gasteiger partial charge in [-0.25, -0.2) is 9.97 Å². The fourth-order valence-electron chi connectivity index (χ4n) is 6.15. The molecule has 0 spiro atoms. The van der Waals surface area contributed by atoms with Crippen LogP contribution in [0.25, 0.3) is 44.3 Å². The summed E-state index contributed by atoms with van der Waals surface area (Å²) >= 11 is 3.68. The van der Waals surface area contributed by atoms with Crippen molar-refractivity contribution in [2.75, 3.05) is 5.73 Å². The van der Waals surface area contributed by atoms with Gasteiger partial charge in [-0.2, -0.15) is 0 Å². The normalized spacial score (nSPS) is 13.1. The zero-order valence-electron chi connectivity index (χ0n) is 37.0. The van der Waals surface area contributed by atoms with Crippen LogP contribution in [0.3, 0.4) is 0 Å². The standard InChI is InChI=1S/C22H26BrF3N2O2Si.C22H28F3N3O2Si/c1-21(2,3)31(5,6)29-12-17-18(23)11-16(19-20(17)28(4)13-27-19)14-7-9-15(10-8-14)30-22(24,25)26;1-21(2,3)31(5,6)29-12-17-18(26)11-16(19-20(17)28(4)13-27-19)14-7-9-15(10-8-14)30-22(23,24)25/h7-11,13H,12H2,1-6H3;7-11,13H,12,26H2,1-6H3. The molecule has 0 atom stereocenters. The number of hydrogen-bond donors (Lipinski definition) is 1. The average molecular weight is 967 g/mol. The number of alkyl halides is 6. The molecule has 6 rings (SSSR count). The molecule has 0 saturated carbocycles. The minimum absolute atomic E-state index is 0.0630. The Balaban J connectivity index is 0.000000234. The summed E-state index contributed by atoms with van der Waals surface area (Å²) in [6.07, 6.45) is -6.02. The summed E-state index contributed by atoms with van der Waals surface area (Å²) < 4.78 is 100. The third-order valence-electron chi connectivity index (χ3n) is 11.7. The van der Waals surface area contributed by atoms with Crippen LogP contribution in [0.2, 0.25) is 36.3 Å². The third kappa shape index (κ3) is 11.2. The Morgan fingerprint density at radius 1 is 0.597 bits per heavy atom. The molecule has 0 unspecified atom stereocenters. The number of rotatable bonds is 10. The second kappa shape index (κ2) is 17.7. The van der Waals surface area contributed by atoms with E-state index in [4.69, 9.17) is 14.6 Å². The molecule has 0 radical (unpaired) electrons. The second-order valence-corrected chi connectivity index (χ2v) is 28.7. The number of imidazole rings is 2. The number of nitrogens with two attached hydrogens (primary N) is 1. The Kier molecular flexibility index (Phi) is 13.9. The molecule has 2 aromatic heterocycles. The molecule has 336 valence electrons. The molecular formula is C44H54BrF6N5O4Si2. The van der Waals surface area contributed by atoms with Gasteiger partial charge in [0.2, 0.25) is 0 Å². The van der Waals surface area contributed by atoms with Gasteiger partial charge in [-0.3, -0.25) is 0 Å². The Morgan fingerprint density at radius 3 is 1.32 bits per heavy atom. The lowest BCUT2D eigenvalue weighted by atomic mass is 10.00. The Labute approximate surface area is 368 Å². The molecule has 0 amide bonds. The van der Waals surface area contributed by atoms with Crippen molar-refractivity contribution in [1.82, 2.24) is 19.1 Å². The molecule has 0 bridgehead atoms. The first-order chi connectivity index (χ1) is 28.4. The van der Waals surface area contributed by atoms with E-state index in [1.165, 1.54) is 24.3 Å². The molecule has 4 aromatic carbocycles. The van der Waals surface area contributed by atoms with E-state index < -0.39 is 29.4 Å². The van der Waals surface area contributed by atoms with Crippen molar-refractivity contribution >= 4 is 60.3 Å². The zero-order chi connectivity index (χ0) is 46.4. The van der Waals surface area contributed by atoms with Gasteiger partial charge < -0.3 is 33.2 Å². The van der Waals surface area contributed by atoms with Gasteiger partial charge in [-0.05, 0) is 83.8 Å². The smallest absolute Gasteiger partial charge is 0.412 e. The van der Waals surface area contributed by atoms with Crippen molar-refractivity contribution < 1.29 is 44.7 Å². The summed E-state index contributed by atoms with van der Waals surface area (Å²) in [4.78, 5) is 9.08. The number of anilines is 1. The van der Waals surface area contributed by atoms with E-state index in [1.807, 2.05) is 29.3 Å². The second-order valence-electron chi connectivity index (χ2n) is 18.2. The number of nitrogens with zero attached hydrogens (tertiary/aromatic N) is 4. The van der Waals surface area contributed by atoms with Crippen molar-refractivity contribution in [2.24, 2.45) is 14.1 Å². The monoisotopic (exact) mass is 965 g/mol. The summed E-state index contributed by atoms with van der Waals surface area (Å²) in [6.45, 7) is 22.7. The fraction of sp³-hybridized carbons (Fsp3) is 0.409. The summed E-state index contributed by atoms with van der Waals surface area (Å²) in [7, 11) is -0.142. The molecule has 2 heterocycles. The van der Waals surface area contributed by atoms with Gasteiger partial charge >= 0.3 is 12.7 Å². The summed E-state index contributed by atoms with van der Waals surface area (Å²) in [5, 5.41) is 0.152. The molecule has 9 nitrogen and oxygen atoms in total. The molecule has 0 fully saturated rings. The van der Waals surface area contributed by atoms with Crippen LogP contribution in [0.15, 0.2) is 77.8 Å². The van der Waals surface area contributed by atoms with Crippen LogP contribution in [0, 0.1) is 0 Å². The predicted molar refractivity (Wildman–Crippen MR) is 242 cm³/mol. The van der Waals surface area contributed by atoms with Crippen molar-refractivity contribution in [3.63, 3.8) is 0 Å². The van der Waals surface area contributed by atoms with Crippen LogP contribution >= 0.6 is 15.9 Å². The van der Waals surface area contributed by atoms with Crippen LogP contribution in [0.5, 0.6) is 11.5 Å². The van der Waals surface area contributed by atoms with Crippen LogP contribution < -0.4 is 15.2 Å². The molecule has 0 aliphatic heterocycles. The van der Waals surface area contributed by atoms with E-state index in [0.29, 0.717) is 24.5 Å². The first-order valence-corrected chi connectivity index (χ1v) is 26.3. The highest BCUT2D eigenvalue weighted by molar-refractivity contribution is 9.10. The number of aromatic nitrogens is 4. The van der Waals surface area contributed by atoms with Crippen molar-refractivity contribution in [1.29, 1.82) is 0 Å². The Bertz CT molecular complexity index is 2350. The number of benzene rings is 4. The molecule has 62 heavy (non-hydrogen) atoms. The summed E-state index contributed by atoms with van der Waals surface area (Å²) in [5.41, 5.74) is 15.1. The third-order valence-corrected chi connectivity index (χ3v) is 21.4. The van der Waals surface area contributed by atoms with Crippen molar-refractivity contribution in [2.45, 2.75) is 104 Å². The zero-order valence-corrected chi connectivity index (χ0v) is 40.6. The van der Waals surface area contributed by atoms with Crippen LogP contribution in [-0.4, -0.2) is 48.5 Å². The van der Waals surface area contributed by atoms with E-state index in [9.17, 15) is 26.3 Å². The molecule has 6 aromatic rings. The van der Waals surface area contributed by atoms with Crippen LogP contribution in [0.4, 0.5) is 32.0 Å². The minimum Gasteiger partial charge on any atom is -0.412 e. The number of ether oxygens (including phenoxy) is 2. The highest BCUT2D eigenvalue weighted by Gasteiger charge is 2.39. The van der Waals surface area contributed by atoms with E-state index in [0.717, 1.165) is 54.4 Å². The molecule has 18 heteroatoms. The maximum absolute atomic E-state index is 12.5. The summed E-state index contributed by atoms with van der Waals surface area (Å²) in [6, 6.07) is 15.3. The van der Waals surface area contributed by atoms with Gasteiger partial charge in [0, 0.05) is 46.5 Å². The van der Waals surface area contributed by atoms with Gasteiger partial charge in [0.05, 0.1) is 47.9 Å². The topological polar surface area (TPSA) is 98.6 Å². The number of fused-ring (bicyclic) bond motifs is 2. The first kappa shape index (κ1) is 48.7. The van der Waals surface area contributed by atoms with Gasteiger partial charge in [0.25, 0.3) is 0 Å². The van der Waals surface area contributed by atoms with Gasteiger partial charge in [-0.15, -0.1) is 26.3 Å². The lowest BCUT2D eigenvalue weighted by Crippen LogP contribution is -2.40. The largest absolute Gasteiger partial charge is 0.573 e. The van der Waals surface area contributed by atoms with E-state index >= 15 is 0 Å². The first-order valence-electron chi connectivity index (χ1n) is 19.7. The molecule has 0 saturated heterocycles. The van der Waals surface area contributed by atoms with Crippen molar-refractivity contribution in [3.8, 4) is 33.8 Å². The fourth-order valence-corrected chi connectivity index (χ4v) is 8.56. The molecule has 0 aliphatic rings. The number of nitrogen functional groups attached to an aromatic ring is 1. The number of aryl methyl sites for hydroxylation is 2. The van der Waals surface area contributed by atoms with Crippen LogP contribution in [0.1, 0.15) is 52.7 Å². The maximum atomic E-state index is 12.5. The lowest BCUT2D eigenvalue weighted by molar-refractivity contribution is -0.275. The maximum Gasteiger partial charge on any atom is 0.573 e. The lowest BCUT2D eigenvalue weighted by Gasteiger charge is -2.36. The Hall–Kier alpha value is -4.37. The molecule has 0 aliphatic carbocycles. The van der Waals surface area contributed by atoms with Gasteiger partial charge in [0.15, 0.2) is 16.6 Å². The number of hydrogen-bond acceptors (Lipinski definition) is 7. The quantitative estimate of drug-likeness (QED) is 0.0829. The molecular weight excluding hydrogens is 913 g/mol. The molecule has 2 N–H and O–H groups in total. The average Bonchev–Trinajstić information content (AvgIpc) is 3.71. The van der Waals surface area contributed by atoms with E-state index in [1.54, 1.807) is 43.0 Å². The number of halogens is 7. The van der Waals surface area contributed by atoms with Gasteiger partial charge in [0.1, 0.15) is 11.5 Å². The SMILES string of the molecule is Cn1cnc2c(-c3ccc(OC(F)(F)F)cc3)cc(Br)c(CO[Si](C)(C)C(C)(C)C)c21.Cn1cnc2c(-c3ccc(OC(F)(F)F)cc3)cc(N)c(CO[Si](C)(C)C(C)(C)C)c21. The Morgan fingerprint density at radius 2 is 0.952 bits per heavy atom. The van der Waals surface area contributed by atoms with Gasteiger partial charge in [-0.1, -0.05) is 81.7 Å². The van der Waals surface area contributed by atoms with E-state index in [2.05, 4.69) is 103 Å². The minimum atomic E-state index is -4.73. The highest BCUT2D eigenvalue weighted by Crippen LogP contribution is 2.42.